The maximum atomic E-state index is 13.4. The SMILES string of the molecule is [N-]=[N+]=NC1C(O)[C@@H](Sc2cc(Cl)c(F)c(Cl)c2)OC(CO)[C@@H]1O. The van der Waals surface area contributed by atoms with Crippen LogP contribution in [0.3, 0.4) is 0 Å². The van der Waals surface area contributed by atoms with Gasteiger partial charge in [-0.25, -0.2) is 4.39 Å². The van der Waals surface area contributed by atoms with E-state index in [0.717, 1.165) is 11.8 Å². The van der Waals surface area contributed by atoms with E-state index in [1.807, 2.05) is 0 Å². The van der Waals surface area contributed by atoms with Gasteiger partial charge in [0.2, 0.25) is 0 Å². The van der Waals surface area contributed by atoms with Gasteiger partial charge in [0.05, 0.1) is 28.8 Å². The summed E-state index contributed by atoms with van der Waals surface area (Å²) in [6, 6.07) is 1.39. The van der Waals surface area contributed by atoms with Crippen molar-refractivity contribution >= 4 is 35.0 Å². The molecule has 1 fully saturated rings. The van der Waals surface area contributed by atoms with Gasteiger partial charge in [0.25, 0.3) is 0 Å². The molecule has 1 aliphatic rings. The molecule has 1 heterocycles. The highest BCUT2D eigenvalue weighted by Gasteiger charge is 2.44. The third-order valence-electron chi connectivity index (χ3n) is 3.24. The molecule has 1 aromatic carbocycles. The lowest BCUT2D eigenvalue weighted by Crippen LogP contribution is -2.56. The summed E-state index contributed by atoms with van der Waals surface area (Å²) in [5.74, 6) is -0.765. The summed E-state index contributed by atoms with van der Waals surface area (Å²) in [6.07, 6.45) is -3.75. The number of ether oxygens (including phenoxy) is 1. The number of hydrogen-bond donors (Lipinski definition) is 3. The highest BCUT2D eigenvalue weighted by Crippen LogP contribution is 2.37. The molecule has 1 saturated heterocycles. The van der Waals surface area contributed by atoms with Crippen LogP contribution in [0, 0.1) is 5.82 Å². The van der Waals surface area contributed by atoms with Gasteiger partial charge >= 0.3 is 0 Å². The number of aliphatic hydroxyl groups is 3. The quantitative estimate of drug-likeness (QED) is 0.319. The molecule has 3 unspecified atom stereocenters. The van der Waals surface area contributed by atoms with Gasteiger partial charge in [0.1, 0.15) is 17.6 Å². The minimum Gasteiger partial charge on any atom is -0.394 e. The molecule has 0 spiro atoms. The second-order valence-corrected chi connectivity index (χ2v) is 6.71. The van der Waals surface area contributed by atoms with Crippen molar-refractivity contribution in [2.24, 2.45) is 5.11 Å². The Kier molecular flexibility index (Phi) is 6.35. The van der Waals surface area contributed by atoms with E-state index in [1.165, 1.54) is 12.1 Å². The Hall–Kier alpha value is -0.770. The average Bonchev–Trinajstić information content (AvgIpc) is 2.51. The van der Waals surface area contributed by atoms with Crippen LogP contribution in [0.25, 0.3) is 10.4 Å². The van der Waals surface area contributed by atoms with Gasteiger partial charge in [-0.3, -0.25) is 0 Å². The highest BCUT2D eigenvalue weighted by atomic mass is 35.5. The zero-order valence-corrected chi connectivity index (χ0v) is 13.7. The molecule has 2 rings (SSSR count). The first-order valence-electron chi connectivity index (χ1n) is 6.37. The molecule has 23 heavy (non-hydrogen) atoms. The van der Waals surface area contributed by atoms with Crippen LogP contribution in [0.15, 0.2) is 22.1 Å². The molecule has 0 radical (unpaired) electrons. The molecule has 1 aliphatic heterocycles. The number of aliphatic hydroxyl groups excluding tert-OH is 3. The van der Waals surface area contributed by atoms with Gasteiger partial charge in [-0.05, 0) is 17.7 Å². The Labute approximate surface area is 144 Å². The fraction of sp³-hybridized carbons (Fsp3) is 0.500. The largest absolute Gasteiger partial charge is 0.394 e. The van der Waals surface area contributed by atoms with Crippen LogP contribution in [0.2, 0.25) is 10.0 Å². The molecule has 7 nitrogen and oxygen atoms in total. The van der Waals surface area contributed by atoms with E-state index in [0.29, 0.717) is 4.90 Å². The maximum Gasteiger partial charge on any atom is 0.160 e. The Bertz CT molecular complexity index is 611. The van der Waals surface area contributed by atoms with Crippen LogP contribution in [0.5, 0.6) is 0 Å². The molecule has 0 aromatic heterocycles. The number of azide groups is 1. The van der Waals surface area contributed by atoms with E-state index in [9.17, 15) is 19.7 Å². The first-order chi connectivity index (χ1) is 10.9. The van der Waals surface area contributed by atoms with Crippen molar-refractivity contribution < 1.29 is 24.4 Å². The van der Waals surface area contributed by atoms with Gasteiger partial charge in [0.15, 0.2) is 5.82 Å². The number of halogens is 3. The lowest BCUT2D eigenvalue weighted by atomic mass is 9.98. The number of nitrogens with zero attached hydrogens (tertiary/aromatic N) is 3. The molecule has 1 aromatic rings. The van der Waals surface area contributed by atoms with E-state index < -0.39 is 42.2 Å². The average molecular weight is 384 g/mol. The second-order valence-electron chi connectivity index (χ2n) is 4.72. The number of thioether (sulfide) groups is 1. The molecule has 11 heteroatoms. The predicted molar refractivity (Wildman–Crippen MR) is 83.0 cm³/mol. The van der Waals surface area contributed by atoms with Crippen LogP contribution in [-0.4, -0.2) is 51.7 Å². The number of benzene rings is 1. The molecule has 0 bridgehead atoms. The maximum absolute atomic E-state index is 13.4. The molecule has 0 amide bonds. The van der Waals surface area contributed by atoms with E-state index >= 15 is 0 Å². The Morgan fingerprint density at radius 2 is 1.91 bits per heavy atom. The van der Waals surface area contributed by atoms with Crippen LogP contribution in [-0.2, 0) is 4.74 Å². The summed E-state index contributed by atoms with van der Waals surface area (Å²) in [5.41, 5.74) is 7.56. The summed E-state index contributed by atoms with van der Waals surface area (Å²) >= 11 is 12.4. The third kappa shape index (κ3) is 4.01. The topological polar surface area (TPSA) is 119 Å². The normalized spacial score (nSPS) is 30.8. The standard InChI is InChI=1S/C12H12Cl2FN3O4S/c13-5-1-4(2-6(14)8(5)15)23-12-11(21)9(17-18-16)10(20)7(3-19)22-12/h1-2,7,9-12,19-21H,3H2/t7?,9?,10-,11?,12+/m0/s1. The summed E-state index contributed by atoms with van der Waals surface area (Å²) in [7, 11) is 0. The molecule has 0 saturated carbocycles. The van der Waals surface area contributed by atoms with Crippen LogP contribution < -0.4 is 0 Å². The van der Waals surface area contributed by atoms with Crippen molar-refractivity contribution in [1.29, 1.82) is 0 Å². The Balaban J connectivity index is 2.25. The monoisotopic (exact) mass is 383 g/mol. The summed E-state index contributed by atoms with van der Waals surface area (Å²) in [5, 5.41) is 32.3. The van der Waals surface area contributed by atoms with Gasteiger partial charge in [-0.2, -0.15) is 0 Å². The first kappa shape index (κ1) is 18.6. The van der Waals surface area contributed by atoms with Crippen molar-refractivity contribution in [3.8, 4) is 0 Å². The van der Waals surface area contributed by atoms with Crippen LogP contribution in [0.1, 0.15) is 0 Å². The van der Waals surface area contributed by atoms with Crippen molar-refractivity contribution in [3.05, 3.63) is 38.4 Å². The van der Waals surface area contributed by atoms with Gasteiger partial charge in [-0.15, -0.1) is 0 Å². The molecular weight excluding hydrogens is 372 g/mol. The third-order valence-corrected chi connectivity index (χ3v) is 4.92. The zero-order chi connectivity index (χ0) is 17.1. The van der Waals surface area contributed by atoms with Crippen molar-refractivity contribution in [2.45, 2.75) is 34.7 Å². The minimum atomic E-state index is -1.36. The van der Waals surface area contributed by atoms with E-state index in [2.05, 4.69) is 10.0 Å². The molecule has 5 atom stereocenters. The van der Waals surface area contributed by atoms with E-state index in [4.69, 9.17) is 33.5 Å². The summed E-state index contributed by atoms with van der Waals surface area (Å²) < 4.78 is 18.8. The first-order valence-corrected chi connectivity index (χ1v) is 8.00. The summed E-state index contributed by atoms with van der Waals surface area (Å²) in [4.78, 5) is 2.98. The van der Waals surface area contributed by atoms with Crippen LogP contribution >= 0.6 is 35.0 Å². The van der Waals surface area contributed by atoms with E-state index in [-0.39, 0.29) is 10.0 Å². The number of hydrogen-bond acceptors (Lipinski definition) is 6. The number of rotatable bonds is 4. The molecular formula is C12H12Cl2FN3O4S. The van der Waals surface area contributed by atoms with Gasteiger partial charge in [-0.1, -0.05) is 40.1 Å². The van der Waals surface area contributed by atoms with Crippen LogP contribution in [0.4, 0.5) is 4.39 Å². The van der Waals surface area contributed by atoms with Crippen molar-refractivity contribution in [3.63, 3.8) is 0 Å². The highest BCUT2D eigenvalue weighted by molar-refractivity contribution is 7.99. The van der Waals surface area contributed by atoms with Gasteiger partial charge < -0.3 is 20.1 Å². The smallest absolute Gasteiger partial charge is 0.160 e. The zero-order valence-electron chi connectivity index (χ0n) is 11.4. The van der Waals surface area contributed by atoms with Crippen molar-refractivity contribution in [2.75, 3.05) is 6.61 Å². The fourth-order valence-corrected chi connectivity index (χ4v) is 3.85. The Morgan fingerprint density at radius 1 is 1.30 bits per heavy atom. The molecule has 0 aliphatic carbocycles. The van der Waals surface area contributed by atoms with E-state index in [1.54, 1.807) is 0 Å². The second kappa shape index (κ2) is 7.87. The predicted octanol–water partition coefficient (Wildman–Crippen LogP) is 2.34. The minimum absolute atomic E-state index is 0.198. The van der Waals surface area contributed by atoms with Crippen molar-refractivity contribution in [1.82, 2.24) is 0 Å². The lowest BCUT2D eigenvalue weighted by Gasteiger charge is -2.40. The lowest BCUT2D eigenvalue weighted by molar-refractivity contribution is -0.159. The Morgan fingerprint density at radius 3 is 2.43 bits per heavy atom. The fourth-order valence-electron chi connectivity index (χ4n) is 2.10. The molecule has 3 N–H and O–H groups in total. The summed E-state index contributed by atoms with van der Waals surface area (Å²) in [6.45, 7) is -0.534. The molecule has 126 valence electrons. The van der Waals surface area contributed by atoms with Gasteiger partial charge in [0, 0.05) is 9.81 Å².